The monoisotopic (exact) mass is 225 g/mol. The van der Waals surface area contributed by atoms with E-state index in [0.29, 0.717) is 0 Å². The van der Waals surface area contributed by atoms with Gasteiger partial charge in [-0.2, -0.15) is 10.4 Å². The van der Waals surface area contributed by atoms with Crippen LogP contribution in [-0.2, 0) is 0 Å². The Hall–Kier alpha value is -2.44. The van der Waals surface area contributed by atoms with Crippen LogP contribution < -0.4 is 5.01 Å². The van der Waals surface area contributed by atoms with Crippen molar-refractivity contribution in [1.29, 1.82) is 10.7 Å². The van der Waals surface area contributed by atoms with Gasteiger partial charge in [0.05, 0.1) is 11.7 Å². The average Bonchev–Trinajstić information content (AvgIpc) is 2.75. The van der Waals surface area contributed by atoms with Gasteiger partial charge in [0, 0.05) is 0 Å². The van der Waals surface area contributed by atoms with Crippen LogP contribution in [0.2, 0.25) is 0 Å². The van der Waals surface area contributed by atoms with Crippen molar-refractivity contribution in [1.82, 2.24) is 0 Å². The summed E-state index contributed by atoms with van der Waals surface area (Å²) in [7, 11) is 0. The minimum Gasteiger partial charge on any atom is -0.258 e. The molecule has 0 amide bonds. The summed E-state index contributed by atoms with van der Waals surface area (Å²) in [5, 5.41) is 25.9. The Morgan fingerprint density at radius 2 is 2.12 bits per heavy atom. The van der Waals surface area contributed by atoms with Crippen LogP contribution in [0.1, 0.15) is 6.92 Å². The molecule has 0 saturated heterocycles. The number of benzene rings is 1. The van der Waals surface area contributed by atoms with Crippen LogP contribution in [0.5, 0.6) is 0 Å². The highest BCUT2D eigenvalue weighted by Gasteiger charge is 2.34. The van der Waals surface area contributed by atoms with Crippen LogP contribution in [0, 0.1) is 16.7 Å². The molecule has 0 spiro atoms. The van der Waals surface area contributed by atoms with Gasteiger partial charge in [-0.1, -0.05) is 23.4 Å². The van der Waals surface area contributed by atoms with Crippen LogP contribution in [0.4, 0.5) is 5.69 Å². The first-order chi connectivity index (χ1) is 8.27. The maximum atomic E-state index is 8.99. The van der Waals surface area contributed by atoms with E-state index >= 15 is 0 Å². The topological polar surface area (TPSA) is 75.6 Å². The Bertz CT molecular complexity index is 522. The summed E-state index contributed by atoms with van der Waals surface area (Å²) in [6.07, 6.45) is 0. The van der Waals surface area contributed by atoms with Crippen molar-refractivity contribution in [3.8, 4) is 6.07 Å². The molecule has 0 aliphatic carbocycles. The van der Waals surface area contributed by atoms with E-state index in [0.717, 1.165) is 5.69 Å². The first kappa shape index (κ1) is 11.1. The summed E-state index contributed by atoms with van der Waals surface area (Å²) in [6, 6.07) is 11.0. The fourth-order valence-electron chi connectivity index (χ4n) is 1.78. The molecule has 84 valence electrons. The second-order valence-electron chi connectivity index (χ2n) is 3.72. The first-order valence-electron chi connectivity index (χ1n) is 5.22. The van der Waals surface area contributed by atoms with E-state index < -0.39 is 0 Å². The van der Waals surface area contributed by atoms with E-state index in [-0.39, 0.29) is 17.7 Å². The van der Waals surface area contributed by atoms with Gasteiger partial charge >= 0.3 is 0 Å². The number of anilines is 1. The van der Waals surface area contributed by atoms with Gasteiger partial charge in [-0.15, -0.1) is 0 Å². The van der Waals surface area contributed by atoms with Crippen molar-refractivity contribution in [2.75, 3.05) is 5.01 Å². The number of nitrogens with zero attached hydrogens (tertiary/aromatic N) is 4. The van der Waals surface area contributed by atoms with Crippen LogP contribution in [0.25, 0.3) is 0 Å². The van der Waals surface area contributed by atoms with E-state index in [1.54, 1.807) is 5.01 Å². The number of para-hydroxylation sites is 1. The summed E-state index contributed by atoms with van der Waals surface area (Å²) in [5.41, 5.74) is 1.10. The van der Waals surface area contributed by atoms with Crippen molar-refractivity contribution in [2.45, 2.75) is 19.0 Å². The molecule has 1 heterocycles. The quantitative estimate of drug-likeness (QED) is 0.619. The second-order valence-corrected chi connectivity index (χ2v) is 3.72. The maximum absolute atomic E-state index is 8.99. The maximum Gasteiger partial charge on any atom is 0.122 e. The molecule has 1 aromatic rings. The van der Waals surface area contributed by atoms with E-state index in [4.69, 9.17) is 10.7 Å². The van der Waals surface area contributed by atoms with Gasteiger partial charge in [0.15, 0.2) is 0 Å². The Kier molecular flexibility index (Phi) is 2.99. The summed E-state index contributed by atoms with van der Waals surface area (Å²) in [4.78, 5) is 0. The van der Waals surface area contributed by atoms with Crippen LogP contribution >= 0.6 is 0 Å². The molecule has 2 atom stereocenters. The molecule has 17 heavy (non-hydrogen) atoms. The van der Waals surface area contributed by atoms with Crippen LogP contribution in [0.3, 0.4) is 0 Å². The molecule has 0 fully saturated rings. The highest BCUT2D eigenvalue weighted by atomic mass is 15.6. The van der Waals surface area contributed by atoms with Gasteiger partial charge in [-0.3, -0.25) is 5.41 Å². The molecule has 1 aromatic carbocycles. The normalized spacial score (nSPS) is 22.0. The smallest absolute Gasteiger partial charge is 0.122 e. The number of rotatable bonds is 2. The Morgan fingerprint density at radius 1 is 1.41 bits per heavy atom. The summed E-state index contributed by atoms with van der Waals surface area (Å²) in [6.45, 7) is 1.87. The minimum absolute atomic E-state index is 0.150. The largest absolute Gasteiger partial charge is 0.258 e. The van der Waals surface area contributed by atoms with Crippen LogP contribution in [-0.4, -0.2) is 18.0 Å². The fourth-order valence-corrected chi connectivity index (χ4v) is 1.78. The molecular formula is C12H11N5. The van der Waals surface area contributed by atoms with Gasteiger partial charge < -0.3 is 0 Å². The van der Waals surface area contributed by atoms with Crippen molar-refractivity contribution in [2.24, 2.45) is 10.3 Å². The predicted molar refractivity (Wildman–Crippen MR) is 63.9 cm³/mol. The zero-order valence-electron chi connectivity index (χ0n) is 9.33. The zero-order chi connectivity index (χ0) is 12.3. The molecule has 0 radical (unpaired) electrons. The van der Waals surface area contributed by atoms with E-state index in [9.17, 15) is 0 Å². The van der Waals surface area contributed by atoms with E-state index in [2.05, 4.69) is 16.2 Å². The molecule has 2 rings (SSSR count). The molecule has 1 aliphatic heterocycles. The predicted octanol–water partition coefficient (Wildman–Crippen LogP) is 2.33. The number of hydrogen-bond donors (Lipinski definition) is 1. The SMILES string of the molecule is C[C@H]1N=NN(c2ccccc2)[C@@H]1C(=C=N)C#N. The van der Waals surface area contributed by atoms with Gasteiger partial charge in [-0.25, -0.2) is 5.01 Å². The van der Waals surface area contributed by atoms with Crippen molar-refractivity contribution in [3.05, 3.63) is 35.9 Å². The Morgan fingerprint density at radius 3 is 2.71 bits per heavy atom. The average molecular weight is 225 g/mol. The van der Waals surface area contributed by atoms with Gasteiger partial charge in [0.2, 0.25) is 0 Å². The highest BCUT2D eigenvalue weighted by molar-refractivity contribution is 5.66. The molecule has 1 aliphatic rings. The minimum atomic E-state index is -0.333. The lowest BCUT2D eigenvalue weighted by molar-refractivity contribution is 0.672. The Labute approximate surface area is 99.2 Å². The van der Waals surface area contributed by atoms with Crippen molar-refractivity contribution >= 4 is 11.6 Å². The molecule has 1 N–H and O–H groups in total. The third-order valence-electron chi connectivity index (χ3n) is 2.62. The molecule has 0 aromatic heterocycles. The summed E-state index contributed by atoms with van der Waals surface area (Å²) in [5.74, 6) is 2.17. The zero-order valence-corrected chi connectivity index (χ0v) is 9.33. The van der Waals surface area contributed by atoms with Crippen molar-refractivity contribution in [3.63, 3.8) is 0 Å². The third kappa shape index (κ3) is 1.94. The number of hydrogen-bond acceptors (Lipinski definition) is 5. The summed E-state index contributed by atoms with van der Waals surface area (Å²) >= 11 is 0. The molecular weight excluding hydrogens is 214 g/mol. The first-order valence-corrected chi connectivity index (χ1v) is 5.22. The number of nitrogens with one attached hydrogen (secondary N) is 1. The highest BCUT2D eigenvalue weighted by Crippen LogP contribution is 2.28. The van der Waals surface area contributed by atoms with Gasteiger partial charge in [0.1, 0.15) is 17.7 Å². The third-order valence-corrected chi connectivity index (χ3v) is 2.62. The van der Waals surface area contributed by atoms with E-state index in [1.807, 2.05) is 43.3 Å². The van der Waals surface area contributed by atoms with Gasteiger partial charge in [0.25, 0.3) is 0 Å². The van der Waals surface area contributed by atoms with Crippen LogP contribution in [0.15, 0.2) is 46.2 Å². The lowest BCUT2D eigenvalue weighted by atomic mass is 10.0. The van der Waals surface area contributed by atoms with E-state index in [1.165, 1.54) is 0 Å². The number of nitriles is 1. The second kappa shape index (κ2) is 4.60. The summed E-state index contributed by atoms with van der Waals surface area (Å²) < 4.78 is 0. The van der Waals surface area contributed by atoms with Crippen molar-refractivity contribution < 1.29 is 0 Å². The molecule has 0 unspecified atom stereocenters. The lowest BCUT2D eigenvalue weighted by Gasteiger charge is -2.22. The van der Waals surface area contributed by atoms with Gasteiger partial charge in [-0.05, 0) is 24.9 Å². The lowest BCUT2D eigenvalue weighted by Crippen LogP contribution is -2.35. The molecule has 0 bridgehead atoms. The molecule has 5 nitrogen and oxygen atoms in total. The standard InChI is InChI=1S/C12H11N5/c1-9-12(10(7-13)8-14)17(16-15-9)11-5-3-2-4-6-11/h2-6,9,12-13H,1H3/t9-,12+/m1/s1. The fraction of sp³-hybridized carbons (Fsp3) is 0.250. The molecule has 5 heteroatoms. The Balaban J connectivity index is 2.39. The molecule has 0 saturated carbocycles.